The number of hydrogen-bond acceptors (Lipinski definition) is 5. The molecule has 4 aromatic rings. The van der Waals surface area contributed by atoms with E-state index in [0.717, 1.165) is 5.69 Å². The Labute approximate surface area is 192 Å². The van der Waals surface area contributed by atoms with E-state index in [-0.39, 0.29) is 28.9 Å². The van der Waals surface area contributed by atoms with Gasteiger partial charge in [0.1, 0.15) is 18.2 Å². The summed E-state index contributed by atoms with van der Waals surface area (Å²) in [6, 6.07) is 11.8. The number of anilines is 1. The molecule has 0 bridgehead atoms. The molecule has 2 heterocycles. The van der Waals surface area contributed by atoms with Crippen LogP contribution in [-0.4, -0.2) is 20.8 Å². The zero-order valence-corrected chi connectivity index (χ0v) is 18.5. The van der Waals surface area contributed by atoms with Gasteiger partial charge in [-0.1, -0.05) is 35.0 Å². The summed E-state index contributed by atoms with van der Waals surface area (Å²) in [5, 5.41) is 11.1. The van der Waals surface area contributed by atoms with Gasteiger partial charge in [-0.15, -0.1) is 0 Å². The quantitative estimate of drug-likeness (QED) is 0.394. The maximum absolute atomic E-state index is 13.8. The van der Waals surface area contributed by atoms with Gasteiger partial charge < -0.3 is 14.6 Å². The summed E-state index contributed by atoms with van der Waals surface area (Å²) < 4.78 is 39.4. The Morgan fingerprint density at radius 2 is 1.97 bits per heavy atom. The number of carbonyl (C=O) groups excluding carboxylic acids is 1. The Bertz CT molecular complexity index is 1320. The van der Waals surface area contributed by atoms with Crippen molar-refractivity contribution in [3.05, 3.63) is 93.5 Å². The van der Waals surface area contributed by atoms with Gasteiger partial charge in [0, 0.05) is 16.8 Å². The number of hydrogen-bond donors (Lipinski definition) is 1. The smallest absolute Gasteiger partial charge is 0.279 e. The maximum atomic E-state index is 13.8. The molecule has 0 saturated heterocycles. The highest BCUT2D eigenvalue weighted by Gasteiger charge is 2.22. The van der Waals surface area contributed by atoms with Crippen molar-refractivity contribution in [2.24, 2.45) is 0 Å². The van der Waals surface area contributed by atoms with Crippen LogP contribution in [0.2, 0.25) is 5.02 Å². The average Bonchev–Trinajstić information content (AvgIpc) is 3.31. The van der Waals surface area contributed by atoms with Crippen molar-refractivity contribution in [3.63, 3.8) is 0 Å². The molecule has 0 saturated carbocycles. The number of amides is 1. The van der Waals surface area contributed by atoms with E-state index in [1.165, 1.54) is 24.3 Å². The van der Waals surface area contributed by atoms with E-state index in [1.54, 1.807) is 35.9 Å². The van der Waals surface area contributed by atoms with Crippen LogP contribution in [0.1, 0.15) is 33.1 Å². The van der Waals surface area contributed by atoms with E-state index >= 15 is 0 Å². The molecule has 170 valence electrons. The number of ether oxygens (including phenoxy) is 1. The molecule has 0 aliphatic rings. The highest BCUT2D eigenvalue weighted by molar-refractivity contribution is 6.31. The largest absolute Gasteiger partial charge is 0.486 e. The summed E-state index contributed by atoms with van der Waals surface area (Å²) in [5.74, 6) is -0.769. The average molecular weight is 473 g/mol. The number of benzene rings is 2. The normalized spacial score (nSPS) is 10.9. The molecule has 7 nitrogen and oxygen atoms in total. The van der Waals surface area contributed by atoms with Crippen LogP contribution in [0.15, 0.2) is 53.1 Å². The van der Waals surface area contributed by atoms with Crippen LogP contribution < -0.4 is 10.1 Å². The summed E-state index contributed by atoms with van der Waals surface area (Å²) in [6.45, 7) is 3.64. The Hall–Kier alpha value is -3.72. The van der Waals surface area contributed by atoms with E-state index < -0.39 is 17.5 Å². The van der Waals surface area contributed by atoms with E-state index in [9.17, 15) is 13.6 Å². The van der Waals surface area contributed by atoms with Gasteiger partial charge in [0.2, 0.25) is 0 Å². The number of carbonyl (C=O) groups is 1. The molecule has 0 fully saturated rings. The Morgan fingerprint density at radius 3 is 2.73 bits per heavy atom. The van der Waals surface area contributed by atoms with Crippen LogP contribution in [0, 0.1) is 25.5 Å². The summed E-state index contributed by atoms with van der Waals surface area (Å²) >= 11 is 6.10. The number of nitrogens with zero attached hydrogens (tertiary/aromatic N) is 3. The fourth-order valence-electron chi connectivity index (χ4n) is 3.17. The topological polar surface area (TPSA) is 82.2 Å². The van der Waals surface area contributed by atoms with Crippen molar-refractivity contribution in [1.82, 2.24) is 14.9 Å². The molecule has 2 aromatic carbocycles. The lowest BCUT2D eigenvalue weighted by Crippen LogP contribution is -2.16. The summed E-state index contributed by atoms with van der Waals surface area (Å²) in [6.07, 6.45) is 0. The third-order valence-electron chi connectivity index (χ3n) is 4.97. The van der Waals surface area contributed by atoms with E-state index in [2.05, 4.69) is 15.6 Å². The highest BCUT2D eigenvalue weighted by atomic mass is 35.5. The first-order valence-electron chi connectivity index (χ1n) is 9.94. The van der Waals surface area contributed by atoms with Crippen molar-refractivity contribution in [1.29, 1.82) is 0 Å². The first-order valence-corrected chi connectivity index (χ1v) is 10.3. The number of para-hydroxylation sites is 1. The molecule has 0 radical (unpaired) electrons. The van der Waals surface area contributed by atoms with Gasteiger partial charge in [-0.25, -0.2) is 8.78 Å². The first kappa shape index (κ1) is 22.5. The second-order valence-corrected chi connectivity index (χ2v) is 7.71. The lowest BCUT2D eigenvalue weighted by Gasteiger charge is -2.07. The van der Waals surface area contributed by atoms with Gasteiger partial charge in [0.05, 0.1) is 12.1 Å². The summed E-state index contributed by atoms with van der Waals surface area (Å²) in [7, 11) is 0. The zero-order valence-electron chi connectivity index (χ0n) is 17.7. The predicted octanol–water partition coefficient (Wildman–Crippen LogP) is 5.30. The lowest BCUT2D eigenvalue weighted by molar-refractivity contribution is 0.101. The summed E-state index contributed by atoms with van der Waals surface area (Å²) in [4.78, 5) is 12.8. The number of halogens is 3. The Morgan fingerprint density at radius 1 is 1.18 bits per heavy atom. The molecule has 1 amide bonds. The Balaban J connectivity index is 1.48. The van der Waals surface area contributed by atoms with Crippen molar-refractivity contribution in [2.75, 3.05) is 5.32 Å². The first-order chi connectivity index (χ1) is 15.8. The zero-order chi connectivity index (χ0) is 23.5. The number of aromatic nitrogens is 3. The number of aryl methyl sites for hydroxylation is 2. The molecule has 0 aliphatic heterocycles. The second-order valence-electron chi connectivity index (χ2n) is 7.30. The number of nitrogens with one attached hydrogen (secondary N) is 1. The van der Waals surface area contributed by atoms with Crippen molar-refractivity contribution < 1.29 is 22.8 Å². The van der Waals surface area contributed by atoms with Crippen molar-refractivity contribution in [2.45, 2.75) is 27.0 Å². The van der Waals surface area contributed by atoms with Gasteiger partial charge >= 0.3 is 0 Å². The van der Waals surface area contributed by atoms with Gasteiger partial charge in [-0.2, -0.15) is 5.10 Å². The van der Waals surface area contributed by atoms with Crippen LogP contribution in [0.25, 0.3) is 0 Å². The minimum atomic E-state index is -0.552. The molecule has 1 N–H and O–H groups in total. The van der Waals surface area contributed by atoms with Crippen LogP contribution >= 0.6 is 11.6 Å². The van der Waals surface area contributed by atoms with Crippen LogP contribution in [0.5, 0.6) is 5.75 Å². The fraction of sp³-hybridized carbons (Fsp3) is 0.174. The highest BCUT2D eigenvalue weighted by Crippen LogP contribution is 2.22. The van der Waals surface area contributed by atoms with Crippen molar-refractivity contribution in [3.8, 4) is 5.75 Å². The molecule has 10 heteroatoms. The summed E-state index contributed by atoms with van der Waals surface area (Å²) in [5.41, 5.74) is 1.84. The molecule has 0 atom stereocenters. The standard InChI is InChI=1S/C23H19ClF2N4O3/c1-13-9-21(28-30(13)11-15-7-8-16(25)10-18(15)24)27-23(31)22-17(14(2)33-29-22)12-32-20-6-4-3-5-19(20)26/h3-10H,11-12H2,1-2H3,(H,27,28,31). The lowest BCUT2D eigenvalue weighted by atomic mass is 10.2. The predicted molar refractivity (Wildman–Crippen MR) is 117 cm³/mol. The SMILES string of the molecule is Cc1onc(C(=O)Nc2cc(C)n(Cc3ccc(F)cc3Cl)n2)c1COc1ccccc1F. The molecule has 0 spiro atoms. The molecule has 0 unspecified atom stereocenters. The van der Waals surface area contributed by atoms with Crippen LogP contribution in [0.3, 0.4) is 0 Å². The van der Waals surface area contributed by atoms with Crippen LogP contribution in [-0.2, 0) is 13.2 Å². The van der Waals surface area contributed by atoms with Crippen LogP contribution in [0.4, 0.5) is 14.6 Å². The second kappa shape index (κ2) is 9.41. The van der Waals surface area contributed by atoms with Crippen molar-refractivity contribution >= 4 is 23.3 Å². The van der Waals surface area contributed by atoms with Gasteiger partial charge in [-0.05, 0) is 43.7 Å². The number of rotatable bonds is 7. The molecule has 0 aliphatic carbocycles. The molecule has 4 rings (SSSR count). The molecule has 33 heavy (non-hydrogen) atoms. The molecular weight excluding hydrogens is 454 g/mol. The maximum Gasteiger partial charge on any atom is 0.279 e. The minimum absolute atomic E-state index is 0.0117. The Kier molecular flexibility index (Phi) is 6.41. The molecule has 2 aromatic heterocycles. The third-order valence-corrected chi connectivity index (χ3v) is 5.32. The van der Waals surface area contributed by atoms with Gasteiger partial charge in [0.15, 0.2) is 23.1 Å². The van der Waals surface area contributed by atoms with Gasteiger partial charge in [-0.3, -0.25) is 9.48 Å². The van der Waals surface area contributed by atoms with E-state index in [1.807, 2.05) is 6.92 Å². The van der Waals surface area contributed by atoms with Gasteiger partial charge in [0.25, 0.3) is 5.91 Å². The van der Waals surface area contributed by atoms with E-state index in [0.29, 0.717) is 23.4 Å². The molecular formula is C23H19ClF2N4O3. The third kappa shape index (κ3) is 5.04. The monoisotopic (exact) mass is 472 g/mol. The fourth-order valence-corrected chi connectivity index (χ4v) is 3.40. The minimum Gasteiger partial charge on any atom is -0.486 e. The van der Waals surface area contributed by atoms with E-state index in [4.69, 9.17) is 20.9 Å².